The van der Waals surface area contributed by atoms with Gasteiger partial charge in [-0.25, -0.2) is 0 Å². The number of benzene rings is 1. The van der Waals surface area contributed by atoms with Gasteiger partial charge in [0.2, 0.25) is 0 Å². The molecule has 0 bridgehead atoms. The van der Waals surface area contributed by atoms with E-state index in [2.05, 4.69) is 25.1 Å². The smallest absolute Gasteiger partial charge is 0.178 e. The van der Waals surface area contributed by atoms with E-state index in [1.54, 1.807) is 35.6 Å². The SMILES string of the molecule is CCC(O)(CC)CCC=C(C)c1ccc(COc2ccc(C(O)O)cc2)s1. The summed E-state index contributed by atoms with van der Waals surface area (Å²) in [5, 5.41) is 28.6. The van der Waals surface area contributed by atoms with E-state index in [-0.39, 0.29) is 0 Å². The minimum atomic E-state index is -1.46. The first-order valence-electron chi connectivity index (χ1n) is 9.44. The van der Waals surface area contributed by atoms with E-state index in [9.17, 15) is 5.11 Å². The molecular formula is C22H30O4S. The zero-order chi connectivity index (χ0) is 19.9. The van der Waals surface area contributed by atoms with Crippen molar-refractivity contribution in [1.82, 2.24) is 0 Å². The van der Waals surface area contributed by atoms with Crippen molar-refractivity contribution in [1.29, 1.82) is 0 Å². The lowest BCUT2D eigenvalue weighted by Crippen LogP contribution is -2.25. The molecule has 0 saturated heterocycles. The molecule has 0 aliphatic rings. The second-order valence-electron chi connectivity index (χ2n) is 6.85. The van der Waals surface area contributed by atoms with Gasteiger partial charge in [-0.3, -0.25) is 0 Å². The average molecular weight is 391 g/mol. The number of rotatable bonds is 10. The van der Waals surface area contributed by atoms with Gasteiger partial charge in [-0.2, -0.15) is 0 Å². The van der Waals surface area contributed by atoms with Crippen LogP contribution in [0.4, 0.5) is 0 Å². The highest BCUT2D eigenvalue weighted by Gasteiger charge is 2.20. The Hall–Kier alpha value is -1.66. The highest BCUT2D eigenvalue weighted by molar-refractivity contribution is 7.13. The summed E-state index contributed by atoms with van der Waals surface area (Å²) in [6.07, 6.45) is 3.98. The maximum absolute atomic E-state index is 10.4. The maximum Gasteiger partial charge on any atom is 0.178 e. The van der Waals surface area contributed by atoms with E-state index in [0.717, 1.165) is 30.6 Å². The van der Waals surface area contributed by atoms with E-state index < -0.39 is 11.9 Å². The lowest BCUT2D eigenvalue weighted by molar-refractivity contribution is -0.0425. The van der Waals surface area contributed by atoms with Crippen molar-refractivity contribution in [2.24, 2.45) is 0 Å². The molecule has 4 nitrogen and oxygen atoms in total. The first kappa shape index (κ1) is 21.6. The zero-order valence-electron chi connectivity index (χ0n) is 16.3. The van der Waals surface area contributed by atoms with Crippen LogP contribution < -0.4 is 4.74 Å². The van der Waals surface area contributed by atoms with Crippen molar-refractivity contribution >= 4 is 16.9 Å². The Labute approximate surface area is 165 Å². The van der Waals surface area contributed by atoms with E-state index in [4.69, 9.17) is 14.9 Å². The third-order valence-electron chi connectivity index (χ3n) is 4.99. The number of aliphatic hydroxyl groups excluding tert-OH is 1. The zero-order valence-corrected chi connectivity index (χ0v) is 17.1. The Balaban J connectivity index is 1.88. The summed E-state index contributed by atoms with van der Waals surface area (Å²) in [5.74, 6) is 0.694. The molecule has 0 amide bonds. The van der Waals surface area contributed by atoms with Crippen molar-refractivity contribution in [3.8, 4) is 5.75 Å². The molecule has 0 radical (unpaired) electrons. The van der Waals surface area contributed by atoms with Crippen LogP contribution in [-0.2, 0) is 6.61 Å². The predicted octanol–water partition coefficient (Wildman–Crippen LogP) is 5.04. The Morgan fingerprint density at radius 3 is 2.37 bits per heavy atom. The molecule has 0 aliphatic carbocycles. The standard InChI is InChI=1S/C22H30O4S/c1-4-22(25,5-2)14-6-7-16(3)20-13-12-19(27-20)15-26-18-10-8-17(9-11-18)21(23)24/h7-13,21,23-25H,4-6,14-15H2,1-3H3. The molecule has 1 aromatic heterocycles. The van der Waals surface area contributed by atoms with E-state index in [1.165, 1.54) is 10.5 Å². The summed E-state index contributed by atoms with van der Waals surface area (Å²) in [4.78, 5) is 2.34. The molecule has 3 N–H and O–H groups in total. The fraction of sp³-hybridized carbons (Fsp3) is 0.455. The molecule has 27 heavy (non-hydrogen) atoms. The predicted molar refractivity (Wildman–Crippen MR) is 111 cm³/mol. The van der Waals surface area contributed by atoms with Gasteiger partial charge in [-0.15, -0.1) is 11.3 Å². The Morgan fingerprint density at radius 2 is 1.78 bits per heavy atom. The fourth-order valence-corrected chi connectivity index (χ4v) is 3.74. The minimum absolute atomic E-state index is 0.444. The number of hydrogen-bond acceptors (Lipinski definition) is 5. The van der Waals surface area contributed by atoms with Crippen LogP contribution >= 0.6 is 11.3 Å². The van der Waals surface area contributed by atoms with Gasteiger partial charge in [0.1, 0.15) is 12.4 Å². The average Bonchev–Trinajstić information content (AvgIpc) is 3.15. The monoisotopic (exact) mass is 390 g/mol. The van der Waals surface area contributed by atoms with Crippen LogP contribution in [0.5, 0.6) is 5.75 Å². The largest absolute Gasteiger partial charge is 0.488 e. The van der Waals surface area contributed by atoms with Crippen molar-refractivity contribution in [2.45, 2.75) is 65.0 Å². The van der Waals surface area contributed by atoms with Crippen molar-refractivity contribution < 1.29 is 20.1 Å². The molecule has 1 heterocycles. The topological polar surface area (TPSA) is 69.9 Å². The summed E-state index contributed by atoms with van der Waals surface area (Å²) < 4.78 is 5.77. The minimum Gasteiger partial charge on any atom is -0.488 e. The summed E-state index contributed by atoms with van der Waals surface area (Å²) in [6, 6.07) is 10.9. The Kier molecular flexibility index (Phi) is 8.05. The van der Waals surface area contributed by atoms with Gasteiger partial charge in [0.15, 0.2) is 6.29 Å². The molecule has 0 aliphatic heterocycles. The molecule has 148 valence electrons. The quantitative estimate of drug-likeness (QED) is 0.497. The van der Waals surface area contributed by atoms with Crippen LogP contribution in [-0.4, -0.2) is 20.9 Å². The molecule has 0 atom stereocenters. The van der Waals surface area contributed by atoms with Crippen LogP contribution in [0.2, 0.25) is 0 Å². The second-order valence-corrected chi connectivity index (χ2v) is 8.02. The third kappa shape index (κ3) is 6.47. The van der Waals surface area contributed by atoms with Crippen LogP contribution in [0.1, 0.15) is 68.1 Å². The van der Waals surface area contributed by atoms with Gasteiger partial charge >= 0.3 is 0 Å². The molecule has 0 saturated carbocycles. The van der Waals surface area contributed by atoms with Crippen molar-refractivity contribution in [3.63, 3.8) is 0 Å². The van der Waals surface area contributed by atoms with E-state index in [1.807, 2.05) is 13.8 Å². The number of ether oxygens (including phenoxy) is 1. The number of thiophene rings is 1. The summed E-state index contributed by atoms with van der Waals surface area (Å²) >= 11 is 1.70. The molecule has 0 spiro atoms. The fourth-order valence-electron chi connectivity index (χ4n) is 2.82. The van der Waals surface area contributed by atoms with Crippen molar-refractivity contribution in [2.75, 3.05) is 0 Å². The van der Waals surface area contributed by atoms with Gasteiger partial charge in [-0.05, 0) is 62.4 Å². The van der Waals surface area contributed by atoms with Crippen LogP contribution in [0, 0.1) is 0 Å². The lowest BCUT2D eigenvalue weighted by atomic mass is 9.91. The molecule has 1 aromatic carbocycles. The van der Waals surface area contributed by atoms with E-state index in [0.29, 0.717) is 17.9 Å². The number of hydrogen-bond donors (Lipinski definition) is 3. The maximum atomic E-state index is 10.4. The summed E-state index contributed by atoms with van der Waals surface area (Å²) in [6.45, 7) is 6.65. The highest BCUT2D eigenvalue weighted by atomic mass is 32.1. The Bertz CT molecular complexity index is 727. The molecule has 0 unspecified atom stereocenters. The highest BCUT2D eigenvalue weighted by Crippen LogP contribution is 2.27. The van der Waals surface area contributed by atoms with Crippen molar-refractivity contribution in [3.05, 3.63) is 57.8 Å². The van der Waals surface area contributed by atoms with Gasteiger partial charge in [0.25, 0.3) is 0 Å². The molecule has 0 fully saturated rings. The van der Waals surface area contributed by atoms with Crippen LogP contribution in [0.25, 0.3) is 5.57 Å². The van der Waals surface area contributed by atoms with Gasteiger partial charge in [0.05, 0.1) is 5.60 Å². The third-order valence-corrected chi connectivity index (χ3v) is 6.18. The normalized spacial score (nSPS) is 12.6. The number of aliphatic hydroxyl groups is 3. The van der Waals surface area contributed by atoms with Crippen LogP contribution in [0.3, 0.4) is 0 Å². The second kappa shape index (κ2) is 10.0. The van der Waals surface area contributed by atoms with Crippen LogP contribution in [0.15, 0.2) is 42.5 Å². The Morgan fingerprint density at radius 1 is 1.11 bits per heavy atom. The summed E-state index contributed by atoms with van der Waals surface area (Å²) in [5.41, 5.74) is 1.12. The van der Waals surface area contributed by atoms with Gasteiger partial charge in [0, 0.05) is 15.3 Å². The summed E-state index contributed by atoms with van der Waals surface area (Å²) in [7, 11) is 0. The first-order chi connectivity index (χ1) is 12.9. The first-order valence-corrected chi connectivity index (χ1v) is 10.3. The number of allylic oxidation sites excluding steroid dienone is 2. The molecule has 2 rings (SSSR count). The molecule has 5 heteroatoms. The van der Waals surface area contributed by atoms with Gasteiger partial charge in [-0.1, -0.05) is 32.1 Å². The molecular weight excluding hydrogens is 360 g/mol. The van der Waals surface area contributed by atoms with E-state index >= 15 is 0 Å². The lowest BCUT2D eigenvalue weighted by Gasteiger charge is -2.24. The van der Waals surface area contributed by atoms with Gasteiger partial charge < -0.3 is 20.1 Å². The molecule has 2 aromatic rings.